The van der Waals surface area contributed by atoms with Gasteiger partial charge in [-0.05, 0) is 19.2 Å². The van der Waals surface area contributed by atoms with Crippen LogP contribution in [0.2, 0.25) is 0 Å². The maximum absolute atomic E-state index is 10.8. The lowest BCUT2D eigenvalue weighted by Gasteiger charge is -2.36. The molecule has 2 heterocycles. The van der Waals surface area contributed by atoms with E-state index in [4.69, 9.17) is 14.4 Å². The van der Waals surface area contributed by atoms with Crippen molar-refractivity contribution in [3.63, 3.8) is 0 Å². The lowest BCUT2D eigenvalue weighted by molar-refractivity contribution is 0.0388. The van der Waals surface area contributed by atoms with Crippen molar-refractivity contribution < 1.29 is 19.2 Å². The number of aromatic carboxylic acids is 1. The third-order valence-electron chi connectivity index (χ3n) is 3.18. The van der Waals surface area contributed by atoms with Crippen molar-refractivity contribution in [3.8, 4) is 17.1 Å². The Labute approximate surface area is 115 Å². The van der Waals surface area contributed by atoms with Gasteiger partial charge >= 0.3 is 5.97 Å². The monoisotopic (exact) mass is 274 g/mol. The van der Waals surface area contributed by atoms with Gasteiger partial charge in [0.05, 0.1) is 0 Å². The highest BCUT2D eigenvalue weighted by atomic mass is 16.5. The van der Waals surface area contributed by atoms with Crippen molar-refractivity contribution in [2.45, 2.75) is 6.10 Å². The third kappa shape index (κ3) is 2.50. The van der Waals surface area contributed by atoms with Crippen molar-refractivity contribution in [2.24, 2.45) is 0 Å². The fourth-order valence-electron chi connectivity index (χ4n) is 2.14. The standard InChI is InChI=1S/C14H14N2O4/c1-16-7-11(8-16)19-10-4-2-3-9(5-10)13-6-12(14(17)18)15-20-13/h2-6,11H,7-8H2,1H3,(H,17,18). The predicted molar refractivity (Wildman–Crippen MR) is 70.8 cm³/mol. The minimum Gasteiger partial charge on any atom is -0.488 e. The van der Waals surface area contributed by atoms with Crippen LogP contribution < -0.4 is 4.74 Å². The summed E-state index contributed by atoms with van der Waals surface area (Å²) in [4.78, 5) is 13.0. The zero-order valence-electron chi connectivity index (χ0n) is 10.9. The van der Waals surface area contributed by atoms with Crippen LogP contribution in [0.1, 0.15) is 10.5 Å². The van der Waals surface area contributed by atoms with Crippen molar-refractivity contribution in [3.05, 3.63) is 36.0 Å². The number of ether oxygens (including phenoxy) is 1. The molecule has 0 unspecified atom stereocenters. The molecule has 2 aromatic rings. The highest BCUT2D eigenvalue weighted by Crippen LogP contribution is 2.26. The summed E-state index contributed by atoms with van der Waals surface area (Å²) in [5.74, 6) is 0.0531. The van der Waals surface area contributed by atoms with Gasteiger partial charge in [-0.25, -0.2) is 4.79 Å². The first kappa shape index (κ1) is 12.7. The minimum atomic E-state index is -1.11. The molecule has 6 heteroatoms. The maximum Gasteiger partial charge on any atom is 0.358 e. The molecular weight excluding hydrogens is 260 g/mol. The fraction of sp³-hybridized carbons (Fsp3) is 0.286. The molecule has 0 bridgehead atoms. The lowest BCUT2D eigenvalue weighted by Crippen LogP contribution is -2.51. The number of aromatic nitrogens is 1. The van der Waals surface area contributed by atoms with Crippen LogP contribution in [0.25, 0.3) is 11.3 Å². The highest BCUT2D eigenvalue weighted by Gasteiger charge is 2.24. The Hall–Kier alpha value is -2.34. The summed E-state index contributed by atoms with van der Waals surface area (Å²) in [6.07, 6.45) is 0.208. The molecule has 1 aromatic heterocycles. The average molecular weight is 274 g/mol. The molecule has 0 amide bonds. The summed E-state index contributed by atoms with van der Waals surface area (Å²) in [6, 6.07) is 8.77. The van der Waals surface area contributed by atoms with Crippen LogP contribution in [-0.2, 0) is 0 Å². The SMILES string of the molecule is CN1CC(Oc2cccc(-c3cc(C(=O)O)no3)c2)C1. The Morgan fingerprint density at radius 2 is 2.25 bits per heavy atom. The molecule has 0 spiro atoms. The van der Waals surface area contributed by atoms with Gasteiger partial charge in [0, 0.05) is 24.7 Å². The van der Waals surface area contributed by atoms with E-state index in [1.54, 1.807) is 0 Å². The third-order valence-corrected chi connectivity index (χ3v) is 3.18. The molecule has 1 aliphatic rings. The molecule has 0 aliphatic carbocycles. The van der Waals surface area contributed by atoms with Crippen molar-refractivity contribution >= 4 is 5.97 Å². The van der Waals surface area contributed by atoms with E-state index < -0.39 is 5.97 Å². The summed E-state index contributed by atoms with van der Waals surface area (Å²) in [5.41, 5.74) is 0.641. The number of carbonyl (C=O) groups is 1. The number of rotatable bonds is 4. The summed E-state index contributed by atoms with van der Waals surface area (Å²) in [5, 5.41) is 12.3. The normalized spacial score (nSPS) is 15.8. The molecule has 1 saturated heterocycles. The van der Waals surface area contributed by atoms with Gasteiger partial charge in [0.15, 0.2) is 11.5 Å². The minimum absolute atomic E-state index is 0.105. The van der Waals surface area contributed by atoms with E-state index in [0.717, 1.165) is 24.4 Å². The lowest BCUT2D eigenvalue weighted by atomic mass is 10.1. The topological polar surface area (TPSA) is 75.8 Å². The number of benzene rings is 1. The van der Waals surface area contributed by atoms with Crippen LogP contribution >= 0.6 is 0 Å². The van der Waals surface area contributed by atoms with Gasteiger partial charge < -0.3 is 14.4 Å². The van der Waals surface area contributed by atoms with Crippen LogP contribution in [0.3, 0.4) is 0 Å². The van der Waals surface area contributed by atoms with Gasteiger partial charge in [-0.15, -0.1) is 0 Å². The quantitative estimate of drug-likeness (QED) is 0.915. The number of carboxylic acid groups (broad SMARTS) is 1. The van der Waals surface area contributed by atoms with E-state index in [-0.39, 0.29) is 11.8 Å². The molecular formula is C14H14N2O4. The molecule has 6 nitrogen and oxygen atoms in total. The van der Waals surface area contributed by atoms with Gasteiger partial charge in [0.2, 0.25) is 0 Å². The molecule has 104 valence electrons. The van der Waals surface area contributed by atoms with E-state index in [9.17, 15) is 4.79 Å². The van der Waals surface area contributed by atoms with E-state index in [2.05, 4.69) is 10.1 Å². The van der Waals surface area contributed by atoms with Crippen LogP contribution in [0.4, 0.5) is 0 Å². The fourth-order valence-corrected chi connectivity index (χ4v) is 2.14. The molecule has 1 aliphatic heterocycles. The van der Waals surface area contributed by atoms with Gasteiger partial charge in [-0.2, -0.15) is 0 Å². The zero-order chi connectivity index (χ0) is 14.1. The number of likely N-dealkylation sites (tertiary alicyclic amines) is 1. The highest BCUT2D eigenvalue weighted by molar-refractivity contribution is 5.86. The number of nitrogens with zero attached hydrogens (tertiary/aromatic N) is 2. The first-order valence-electron chi connectivity index (χ1n) is 6.27. The Kier molecular flexibility index (Phi) is 3.15. The van der Waals surface area contributed by atoms with Crippen LogP contribution in [0, 0.1) is 0 Å². The number of carboxylic acids is 1. The van der Waals surface area contributed by atoms with Crippen LogP contribution in [0.15, 0.2) is 34.9 Å². The molecule has 1 fully saturated rings. The van der Waals surface area contributed by atoms with E-state index >= 15 is 0 Å². The second-order valence-electron chi connectivity index (χ2n) is 4.87. The smallest absolute Gasteiger partial charge is 0.358 e. The number of likely N-dealkylation sites (N-methyl/N-ethyl adjacent to an activating group) is 1. The summed E-state index contributed by atoms with van der Waals surface area (Å²) in [6.45, 7) is 1.82. The second kappa shape index (κ2) is 4.97. The first-order valence-corrected chi connectivity index (χ1v) is 6.27. The Bertz CT molecular complexity index is 632. The van der Waals surface area contributed by atoms with E-state index in [1.165, 1.54) is 6.07 Å². The van der Waals surface area contributed by atoms with Gasteiger partial charge in [0.25, 0.3) is 0 Å². The summed E-state index contributed by atoms with van der Waals surface area (Å²) in [7, 11) is 2.04. The van der Waals surface area contributed by atoms with E-state index in [0.29, 0.717) is 5.76 Å². The number of hydrogen-bond acceptors (Lipinski definition) is 5. The first-order chi connectivity index (χ1) is 9.61. The average Bonchev–Trinajstić information content (AvgIpc) is 2.87. The van der Waals surface area contributed by atoms with Crippen molar-refractivity contribution in [2.75, 3.05) is 20.1 Å². The summed E-state index contributed by atoms with van der Waals surface area (Å²) >= 11 is 0. The molecule has 0 atom stereocenters. The Balaban J connectivity index is 1.77. The molecule has 0 radical (unpaired) electrons. The molecule has 20 heavy (non-hydrogen) atoms. The Morgan fingerprint density at radius 1 is 1.45 bits per heavy atom. The van der Waals surface area contributed by atoms with Crippen LogP contribution in [-0.4, -0.2) is 47.4 Å². The molecule has 3 rings (SSSR count). The van der Waals surface area contributed by atoms with Crippen molar-refractivity contribution in [1.29, 1.82) is 0 Å². The van der Waals surface area contributed by atoms with Gasteiger partial charge in [-0.1, -0.05) is 17.3 Å². The van der Waals surface area contributed by atoms with Crippen molar-refractivity contribution in [1.82, 2.24) is 10.1 Å². The van der Waals surface area contributed by atoms with Gasteiger partial charge in [-0.3, -0.25) is 4.90 Å². The zero-order valence-corrected chi connectivity index (χ0v) is 10.9. The molecule has 1 N–H and O–H groups in total. The van der Waals surface area contributed by atoms with E-state index in [1.807, 2.05) is 31.3 Å². The second-order valence-corrected chi connectivity index (χ2v) is 4.87. The molecule has 1 aromatic carbocycles. The largest absolute Gasteiger partial charge is 0.488 e. The Morgan fingerprint density at radius 3 is 2.90 bits per heavy atom. The van der Waals surface area contributed by atoms with Gasteiger partial charge in [0.1, 0.15) is 11.9 Å². The predicted octanol–water partition coefficient (Wildman–Crippen LogP) is 1.73. The summed E-state index contributed by atoms with van der Waals surface area (Å²) < 4.78 is 10.9. The van der Waals surface area contributed by atoms with Crippen LogP contribution in [0.5, 0.6) is 5.75 Å². The maximum atomic E-state index is 10.8. The number of hydrogen-bond donors (Lipinski definition) is 1. The molecule has 0 saturated carbocycles.